The lowest BCUT2D eigenvalue weighted by Gasteiger charge is -2.32. The van der Waals surface area contributed by atoms with Crippen molar-refractivity contribution in [2.24, 2.45) is 0 Å². The highest BCUT2D eigenvalue weighted by Gasteiger charge is 2.34. The van der Waals surface area contributed by atoms with E-state index in [1.165, 1.54) is 61.7 Å². The van der Waals surface area contributed by atoms with Gasteiger partial charge in [0.15, 0.2) is 22.6 Å². The molecule has 69 heavy (non-hydrogen) atoms. The molecule has 2 aromatic heterocycles. The largest absolute Gasteiger partial charge is 0.478 e. The van der Waals surface area contributed by atoms with Gasteiger partial charge in [-0.2, -0.15) is 0 Å². The van der Waals surface area contributed by atoms with E-state index in [-0.39, 0.29) is 51.0 Å². The number of aromatic carboxylic acids is 1. The number of hydrogen-bond donors (Lipinski definition) is 1. The molecule has 14 nitrogen and oxygen atoms in total. The van der Waals surface area contributed by atoms with Gasteiger partial charge >= 0.3 is 11.9 Å². The number of anilines is 4. The molecule has 4 aromatic carbocycles. The van der Waals surface area contributed by atoms with Gasteiger partial charge in [-0.05, 0) is 88.1 Å². The smallest absolute Gasteiger partial charge is 0.337 e. The van der Waals surface area contributed by atoms with E-state index >= 15 is 0 Å². The van der Waals surface area contributed by atoms with Crippen LogP contribution >= 0.6 is 0 Å². The molecule has 6 heterocycles. The van der Waals surface area contributed by atoms with Gasteiger partial charge in [-0.3, -0.25) is 9.59 Å². The number of rotatable bonds is 8. The van der Waals surface area contributed by atoms with Crippen LogP contribution in [-0.2, 0) is 14.2 Å². The number of carboxylic acids is 1. The van der Waals surface area contributed by atoms with E-state index in [1.807, 2.05) is 33.4 Å². The van der Waals surface area contributed by atoms with Gasteiger partial charge in [0.2, 0.25) is 0 Å². The first-order valence-corrected chi connectivity index (χ1v) is 22.9. The number of hydrogen-bond acceptors (Lipinski definition) is 13. The Labute approximate surface area is 393 Å². The summed E-state index contributed by atoms with van der Waals surface area (Å²) in [5.74, 6) is -3.68. The van der Waals surface area contributed by atoms with Crippen molar-refractivity contribution >= 4 is 57.0 Å². The van der Waals surface area contributed by atoms with E-state index in [1.54, 1.807) is 6.07 Å². The molecule has 0 spiro atoms. The summed E-state index contributed by atoms with van der Waals surface area (Å²) in [6.45, 7) is 8.23. The number of carbonyl (C=O) groups excluding carboxylic acids is 1. The van der Waals surface area contributed by atoms with E-state index in [9.17, 15) is 41.8 Å². The van der Waals surface area contributed by atoms with Crippen LogP contribution in [0.2, 0.25) is 0 Å². The van der Waals surface area contributed by atoms with E-state index in [0.717, 1.165) is 25.0 Å². The molecule has 1 N–H and O–H groups in total. The Bertz CT molecular complexity index is 3030. The molecular formula is C51H50F4N4O10. The third kappa shape index (κ3) is 9.86. The van der Waals surface area contributed by atoms with Gasteiger partial charge in [0.25, 0.3) is 0 Å². The Morgan fingerprint density at radius 1 is 0.594 bits per heavy atom. The summed E-state index contributed by atoms with van der Waals surface area (Å²) >= 11 is 0. The van der Waals surface area contributed by atoms with Gasteiger partial charge in [0.1, 0.15) is 34.4 Å². The summed E-state index contributed by atoms with van der Waals surface area (Å²) in [5, 5.41) is 10.1. The molecule has 2 unspecified atom stereocenters. The lowest BCUT2D eigenvalue weighted by atomic mass is 9.98. The van der Waals surface area contributed by atoms with Gasteiger partial charge in [0, 0.05) is 86.0 Å². The number of carbonyl (C=O) groups is 2. The molecule has 362 valence electrons. The van der Waals surface area contributed by atoms with E-state index in [0.29, 0.717) is 111 Å². The zero-order chi connectivity index (χ0) is 48.7. The van der Waals surface area contributed by atoms with E-state index in [2.05, 4.69) is 0 Å². The number of methoxy groups -OCH3 is 1. The van der Waals surface area contributed by atoms with Crippen molar-refractivity contribution in [3.05, 3.63) is 139 Å². The van der Waals surface area contributed by atoms with Crippen molar-refractivity contribution in [3.8, 4) is 0 Å². The Kier molecular flexibility index (Phi) is 13.4. The fraction of sp³-hybridized carbons (Fsp3) is 0.373. The van der Waals surface area contributed by atoms with Crippen molar-refractivity contribution in [2.45, 2.75) is 63.8 Å². The summed E-state index contributed by atoms with van der Waals surface area (Å²) in [6.07, 6.45) is 2.71. The maximum atomic E-state index is 14.0. The van der Waals surface area contributed by atoms with Gasteiger partial charge in [-0.15, -0.1) is 0 Å². The SMILES string of the molecule is COC(=O)c1cc(C2CCCN2c2cc(F)cc(F)c2)c2oc(N3CCO[C@H](C)C3)cc(=O)c2c1.C[C@@H]1CN(c2cc(=O)c3cc(C(=O)O)cc(C4CCCN4c4cc(F)cc(F)c4)c3o2)CCO1. The van der Waals surface area contributed by atoms with Crippen LogP contribution in [0, 0.1) is 23.3 Å². The standard InChI is InChI=1S/C26H26F2N2O5.C25H24F2N2O5/c1-15-14-29(6-7-34-15)24-13-23(31)21-9-16(26(32)33-2)8-20(25(21)35-24)22-4-3-5-30(22)19-11-17(27)10-18(28)12-19;1-14-13-28(5-6-33-14)23-12-22(30)20-8-15(25(31)32)7-19(24(20)34-23)21-3-2-4-29(21)18-10-16(26)9-17(27)11-18/h8-13,15,22H,3-7,14H2,1-2H3;7-12,14,21H,2-6,13H2,1H3,(H,31,32)/t15-,22?;14-,21?/m11/s1. The summed E-state index contributed by atoms with van der Waals surface area (Å²) in [7, 11) is 1.27. The van der Waals surface area contributed by atoms with Crippen LogP contribution in [0.15, 0.2) is 91.2 Å². The number of halogens is 4. The molecule has 4 aliphatic heterocycles. The Hall–Kier alpha value is -6.92. The maximum absolute atomic E-state index is 14.0. The Morgan fingerprint density at radius 2 is 1.01 bits per heavy atom. The molecule has 0 saturated carbocycles. The molecule has 6 aromatic rings. The maximum Gasteiger partial charge on any atom is 0.337 e. The molecule has 0 amide bonds. The molecule has 4 saturated heterocycles. The van der Waals surface area contributed by atoms with Crippen LogP contribution in [0.1, 0.15) is 83.5 Å². The molecule has 0 aliphatic carbocycles. The first kappa shape index (κ1) is 47.2. The summed E-state index contributed by atoms with van der Waals surface area (Å²) in [5.41, 5.74) is 2.05. The summed E-state index contributed by atoms with van der Waals surface area (Å²) in [6, 6.07) is 14.7. The van der Waals surface area contributed by atoms with Crippen LogP contribution in [-0.4, -0.2) is 88.8 Å². The quantitative estimate of drug-likeness (QED) is 0.114. The lowest BCUT2D eigenvalue weighted by molar-refractivity contribution is 0.0516. The van der Waals surface area contributed by atoms with Gasteiger partial charge in [-0.25, -0.2) is 27.2 Å². The highest BCUT2D eigenvalue weighted by molar-refractivity contribution is 5.96. The minimum atomic E-state index is -1.17. The van der Waals surface area contributed by atoms with Crippen molar-refractivity contribution in [1.29, 1.82) is 0 Å². The van der Waals surface area contributed by atoms with Crippen LogP contribution in [0.3, 0.4) is 0 Å². The number of benzene rings is 4. The highest BCUT2D eigenvalue weighted by Crippen LogP contribution is 2.42. The fourth-order valence-corrected chi connectivity index (χ4v) is 9.96. The predicted molar refractivity (Wildman–Crippen MR) is 250 cm³/mol. The van der Waals surface area contributed by atoms with Crippen LogP contribution in [0.25, 0.3) is 21.9 Å². The molecule has 18 heteroatoms. The molecule has 10 rings (SSSR count). The first-order chi connectivity index (χ1) is 33.1. The second kappa shape index (κ2) is 19.6. The molecule has 4 fully saturated rings. The second-order valence-corrected chi connectivity index (χ2v) is 17.8. The summed E-state index contributed by atoms with van der Waals surface area (Å²) < 4.78 is 84.6. The van der Waals surface area contributed by atoms with Gasteiger partial charge < -0.3 is 47.8 Å². The zero-order valence-electron chi connectivity index (χ0n) is 38.1. The van der Waals surface area contributed by atoms with Crippen molar-refractivity contribution < 1.29 is 55.3 Å². The van der Waals surface area contributed by atoms with E-state index < -0.39 is 41.2 Å². The number of carboxylic acid groups (broad SMARTS) is 1. The van der Waals surface area contributed by atoms with Crippen LogP contribution < -0.4 is 30.5 Å². The van der Waals surface area contributed by atoms with Crippen molar-refractivity contribution in [2.75, 3.05) is 79.2 Å². The number of esters is 1. The van der Waals surface area contributed by atoms with Gasteiger partial charge in [-0.1, -0.05) is 0 Å². The summed E-state index contributed by atoms with van der Waals surface area (Å²) in [4.78, 5) is 58.2. The number of ether oxygens (including phenoxy) is 3. The zero-order valence-corrected chi connectivity index (χ0v) is 38.1. The average molecular weight is 955 g/mol. The van der Waals surface area contributed by atoms with Crippen LogP contribution in [0.4, 0.5) is 40.7 Å². The molecule has 0 radical (unpaired) electrons. The number of fused-ring (bicyclic) bond motifs is 2. The van der Waals surface area contributed by atoms with E-state index in [4.69, 9.17) is 23.0 Å². The normalized spacial score (nSPS) is 20.6. The number of nitrogens with zero attached hydrogens (tertiary/aromatic N) is 4. The monoisotopic (exact) mass is 954 g/mol. The minimum Gasteiger partial charge on any atom is -0.478 e. The Balaban J connectivity index is 0.000000172. The molecule has 4 aliphatic rings. The molecular weight excluding hydrogens is 905 g/mol. The lowest BCUT2D eigenvalue weighted by Crippen LogP contribution is -2.41. The first-order valence-electron chi connectivity index (χ1n) is 22.9. The molecule has 0 bridgehead atoms. The third-order valence-corrected chi connectivity index (χ3v) is 13.0. The number of morpholine rings is 2. The second-order valence-electron chi connectivity index (χ2n) is 17.8. The topological polar surface area (TPSA) is 155 Å². The van der Waals surface area contributed by atoms with Crippen LogP contribution in [0.5, 0.6) is 0 Å². The fourth-order valence-electron chi connectivity index (χ4n) is 9.96. The van der Waals surface area contributed by atoms with Crippen molar-refractivity contribution in [3.63, 3.8) is 0 Å². The minimum absolute atomic E-state index is 0.0147. The Morgan fingerprint density at radius 3 is 1.42 bits per heavy atom. The highest BCUT2D eigenvalue weighted by atomic mass is 19.1. The van der Waals surface area contributed by atoms with Gasteiger partial charge in [0.05, 0.1) is 66.5 Å². The average Bonchev–Trinajstić information content (AvgIpc) is 4.02. The predicted octanol–water partition coefficient (Wildman–Crippen LogP) is 8.76. The van der Waals surface area contributed by atoms with Crippen molar-refractivity contribution in [1.82, 2.24) is 0 Å². The third-order valence-electron chi connectivity index (χ3n) is 13.0. The molecule has 4 atom stereocenters.